The van der Waals surface area contributed by atoms with Crippen molar-refractivity contribution in [3.8, 4) is 66.8 Å². The van der Waals surface area contributed by atoms with Gasteiger partial charge in [-0.15, -0.1) is 0 Å². The highest BCUT2D eigenvalue weighted by Crippen LogP contribution is 2.51. The molecule has 294 valence electrons. The molecular weight excluding hydrogens is 747 g/mol. The maximum Gasteiger partial charge on any atom is 0.0645 e. The highest BCUT2D eigenvalue weighted by Gasteiger charge is 2.35. The Morgan fingerprint density at radius 3 is 1.47 bits per heavy atom. The first-order valence-corrected chi connectivity index (χ1v) is 20.9. The van der Waals surface area contributed by atoms with Gasteiger partial charge in [-0.3, -0.25) is 0 Å². The number of hydrogen-bond donors (Lipinski definition) is 0. The fourth-order valence-corrected chi connectivity index (χ4v) is 9.01. The molecule has 11 rings (SSSR count). The number of rotatable bonds is 8. The Hall–Kier alpha value is -7.74. The minimum atomic E-state index is -0.486. The van der Waals surface area contributed by atoms with E-state index in [2.05, 4.69) is 38.1 Å². The zero-order valence-electron chi connectivity index (χ0n) is 42.3. The third kappa shape index (κ3) is 6.69. The van der Waals surface area contributed by atoms with Gasteiger partial charge < -0.3 is 4.90 Å². The van der Waals surface area contributed by atoms with Gasteiger partial charge in [0, 0.05) is 22.5 Å². The van der Waals surface area contributed by atoms with E-state index in [1.165, 1.54) is 4.90 Å². The molecule has 10 aromatic rings. The Balaban J connectivity index is 1.13. The molecule has 0 radical (unpaired) electrons. The van der Waals surface area contributed by atoms with Gasteiger partial charge in [-0.1, -0.05) is 190 Å². The average molecular weight is 800 g/mol. The molecular formula is C61H45N. The van der Waals surface area contributed by atoms with E-state index in [0.29, 0.717) is 16.8 Å². The smallest absolute Gasteiger partial charge is 0.0645 e. The van der Waals surface area contributed by atoms with Gasteiger partial charge in [0.25, 0.3) is 0 Å². The predicted molar refractivity (Wildman–Crippen MR) is 263 cm³/mol. The van der Waals surface area contributed by atoms with Crippen LogP contribution in [0.15, 0.2) is 236 Å². The van der Waals surface area contributed by atoms with Crippen LogP contribution in [0.4, 0.5) is 17.1 Å². The highest BCUT2D eigenvalue weighted by atomic mass is 15.1. The maximum absolute atomic E-state index is 9.86. The molecule has 10 aromatic carbocycles. The fraction of sp³-hybridized carbons (Fsp3) is 0.0492. The summed E-state index contributed by atoms with van der Waals surface area (Å²) in [7, 11) is 0. The summed E-state index contributed by atoms with van der Waals surface area (Å²) in [4.78, 5) is 1.41. The number of fused-ring (bicyclic) bond motifs is 4. The van der Waals surface area contributed by atoms with Gasteiger partial charge in [0.2, 0.25) is 0 Å². The highest BCUT2D eigenvalue weighted by molar-refractivity contribution is 5.97. The monoisotopic (exact) mass is 799 g/mol. The summed E-state index contributed by atoms with van der Waals surface area (Å²) in [5.74, 6) is 0. The lowest BCUT2D eigenvalue weighted by Crippen LogP contribution is -2.16. The van der Waals surface area contributed by atoms with Crippen LogP contribution in [0.1, 0.15) is 35.9 Å². The molecule has 0 saturated heterocycles. The number of hydrogen-bond acceptors (Lipinski definition) is 1. The van der Waals surface area contributed by atoms with Crippen molar-refractivity contribution in [2.75, 3.05) is 4.90 Å². The van der Waals surface area contributed by atoms with Crippen molar-refractivity contribution in [1.29, 1.82) is 0 Å². The Kier molecular flexibility index (Phi) is 7.31. The molecule has 0 spiro atoms. The second-order valence-electron chi connectivity index (χ2n) is 16.3. The summed E-state index contributed by atoms with van der Waals surface area (Å²) < 4.78 is 78.1. The van der Waals surface area contributed by atoms with Crippen molar-refractivity contribution < 1.29 is 11.0 Å². The molecule has 0 N–H and O–H groups in total. The van der Waals surface area contributed by atoms with Crippen LogP contribution < -0.4 is 4.90 Å². The minimum Gasteiger partial charge on any atom is -0.310 e. The molecule has 1 aliphatic carbocycles. The van der Waals surface area contributed by atoms with E-state index in [1.807, 2.05) is 152 Å². The molecule has 62 heavy (non-hydrogen) atoms. The molecule has 0 aliphatic heterocycles. The summed E-state index contributed by atoms with van der Waals surface area (Å²) in [5.41, 5.74) is 10.2. The van der Waals surface area contributed by atoms with E-state index in [1.54, 1.807) is 12.1 Å². The first kappa shape index (κ1) is 29.5. The molecule has 0 atom stereocenters. The summed E-state index contributed by atoms with van der Waals surface area (Å²) in [6.07, 6.45) is 0. The second kappa shape index (κ2) is 15.4. The molecule has 0 saturated carbocycles. The Bertz CT molecular complexity index is 3610. The van der Waals surface area contributed by atoms with E-state index in [-0.39, 0.29) is 46.7 Å². The summed E-state index contributed by atoms with van der Waals surface area (Å²) in [6.45, 7) is 4.25. The Morgan fingerprint density at radius 2 is 0.790 bits per heavy atom. The molecule has 0 heterocycles. The maximum atomic E-state index is 9.86. The van der Waals surface area contributed by atoms with Crippen LogP contribution in [0.2, 0.25) is 0 Å². The predicted octanol–water partition coefficient (Wildman–Crippen LogP) is 17.0. The molecule has 0 amide bonds. The molecule has 0 fully saturated rings. The molecule has 0 aromatic heterocycles. The average Bonchev–Trinajstić information content (AvgIpc) is 3.62. The van der Waals surface area contributed by atoms with Crippen LogP contribution in [0.25, 0.3) is 77.5 Å². The zero-order chi connectivity index (χ0) is 48.6. The van der Waals surface area contributed by atoms with Gasteiger partial charge in [0.15, 0.2) is 0 Å². The second-order valence-corrected chi connectivity index (χ2v) is 16.3. The summed E-state index contributed by atoms with van der Waals surface area (Å²) >= 11 is 0. The third-order valence-corrected chi connectivity index (χ3v) is 12.2. The van der Waals surface area contributed by atoms with E-state index < -0.39 is 29.6 Å². The van der Waals surface area contributed by atoms with Crippen molar-refractivity contribution in [1.82, 2.24) is 0 Å². The van der Waals surface area contributed by atoms with Gasteiger partial charge in [0.05, 0.1) is 11.0 Å². The first-order valence-electron chi connectivity index (χ1n) is 24.9. The Labute approximate surface area is 376 Å². The molecule has 0 unspecified atom stereocenters. The fourth-order valence-electron chi connectivity index (χ4n) is 9.01. The van der Waals surface area contributed by atoms with Crippen molar-refractivity contribution in [3.05, 3.63) is 248 Å². The van der Waals surface area contributed by atoms with Crippen LogP contribution in [0.5, 0.6) is 0 Å². The zero-order valence-corrected chi connectivity index (χ0v) is 34.3. The largest absolute Gasteiger partial charge is 0.310 e. The van der Waals surface area contributed by atoms with Gasteiger partial charge in [0.1, 0.15) is 0 Å². The molecule has 1 heteroatoms. The number of benzene rings is 10. The third-order valence-electron chi connectivity index (χ3n) is 12.2. The van der Waals surface area contributed by atoms with Crippen molar-refractivity contribution >= 4 is 27.8 Å². The molecule has 1 aliphatic rings. The lowest BCUT2D eigenvalue weighted by molar-refractivity contribution is 0.660. The lowest BCUT2D eigenvalue weighted by atomic mass is 9.82. The normalized spacial score (nSPS) is 14.3. The van der Waals surface area contributed by atoms with Crippen molar-refractivity contribution in [2.24, 2.45) is 0 Å². The SMILES string of the molecule is [2H]c1c([2H])c(N(c2ccc3c(c2)C(C)(C)c2ccccc2-3)c2c([2H])c([2H])c(-c3cccc(-c4cccc5ccccc45)c3)c([2H])c2[2H])c([2H])c([2H])c1-c1cc(-c2ccccc2)cc(-c2ccccc2)c1. The number of anilines is 3. The number of nitrogens with zero attached hydrogens (tertiary/aromatic N) is 1. The van der Waals surface area contributed by atoms with E-state index >= 15 is 0 Å². The van der Waals surface area contributed by atoms with E-state index in [0.717, 1.165) is 66.4 Å². The van der Waals surface area contributed by atoms with E-state index in [4.69, 9.17) is 0 Å². The molecule has 1 nitrogen and oxygen atoms in total. The summed E-state index contributed by atoms with van der Waals surface area (Å²) in [6, 6.07) is 58.2. The van der Waals surface area contributed by atoms with Crippen LogP contribution in [-0.4, -0.2) is 0 Å². The Morgan fingerprint density at radius 1 is 0.323 bits per heavy atom. The molecule has 0 bridgehead atoms. The van der Waals surface area contributed by atoms with Crippen molar-refractivity contribution in [3.63, 3.8) is 0 Å². The van der Waals surface area contributed by atoms with Crippen molar-refractivity contribution in [2.45, 2.75) is 19.3 Å². The van der Waals surface area contributed by atoms with Gasteiger partial charge in [-0.05, 0) is 149 Å². The minimum absolute atomic E-state index is 0.0974. The van der Waals surface area contributed by atoms with Gasteiger partial charge >= 0.3 is 0 Å². The van der Waals surface area contributed by atoms with Gasteiger partial charge in [-0.2, -0.15) is 0 Å². The lowest BCUT2D eigenvalue weighted by Gasteiger charge is -2.28. The quantitative estimate of drug-likeness (QED) is 0.148. The van der Waals surface area contributed by atoms with Crippen LogP contribution in [0.3, 0.4) is 0 Å². The van der Waals surface area contributed by atoms with Gasteiger partial charge in [-0.25, -0.2) is 0 Å². The van der Waals surface area contributed by atoms with Crippen LogP contribution in [-0.2, 0) is 5.41 Å². The summed E-state index contributed by atoms with van der Waals surface area (Å²) in [5, 5.41) is 2.11. The first-order chi connectivity index (χ1) is 33.8. The van der Waals surface area contributed by atoms with E-state index in [9.17, 15) is 11.0 Å². The standard InChI is InChI=1S/C61H45N/c1-61(2)59-26-12-11-24-57(59)58-36-35-54(41-60(58)61)62(52-31-27-44(28-32-52)47-21-13-22-48(37-47)56-25-14-20-46-19-9-10-23-55(46)56)53-33-29-45(30-34-53)51-39-49(42-15-5-3-6-16-42)38-50(40-51)43-17-7-4-8-18-43/h3-41H,1-2H3/i27D,28D,29D,30D,31D,32D,33D,34D. The van der Waals surface area contributed by atoms with Crippen LogP contribution >= 0.6 is 0 Å². The van der Waals surface area contributed by atoms with Crippen LogP contribution in [0, 0.1) is 0 Å². The topological polar surface area (TPSA) is 3.24 Å².